The molecule has 2 aliphatic heterocycles. The van der Waals surface area contributed by atoms with Gasteiger partial charge in [0.2, 0.25) is 11.8 Å². The Balaban J connectivity index is 1.47. The van der Waals surface area contributed by atoms with E-state index in [1.54, 1.807) is 6.92 Å². The average molecular weight is 392 g/mol. The van der Waals surface area contributed by atoms with Crippen LogP contribution in [0.15, 0.2) is 54.6 Å². The van der Waals surface area contributed by atoms with Gasteiger partial charge in [0.1, 0.15) is 0 Å². The summed E-state index contributed by atoms with van der Waals surface area (Å²) in [5, 5.41) is 2.82. The molecule has 29 heavy (non-hydrogen) atoms. The van der Waals surface area contributed by atoms with Gasteiger partial charge in [-0.05, 0) is 29.7 Å². The summed E-state index contributed by atoms with van der Waals surface area (Å²) in [6, 6.07) is 19.1. The van der Waals surface area contributed by atoms with Crippen LogP contribution in [0.5, 0.6) is 0 Å². The van der Waals surface area contributed by atoms with Crippen molar-refractivity contribution in [2.45, 2.75) is 38.8 Å². The number of benzene rings is 2. The molecule has 1 N–H and O–H groups in total. The summed E-state index contributed by atoms with van der Waals surface area (Å²) in [6.45, 7) is 6.95. The summed E-state index contributed by atoms with van der Waals surface area (Å²) in [5.74, 6) is 1.01. The van der Waals surface area contributed by atoms with Crippen molar-refractivity contribution < 1.29 is 9.59 Å². The Hall–Kier alpha value is -2.66. The van der Waals surface area contributed by atoms with Gasteiger partial charge in [0.05, 0.1) is 0 Å². The molecule has 2 saturated heterocycles. The van der Waals surface area contributed by atoms with Crippen molar-refractivity contribution in [2.75, 3.05) is 25.0 Å². The van der Waals surface area contributed by atoms with Crippen molar-refractivity contribution >= 4 is 17.5 Å². The number of piperidine rings is 1. The highest BCUT2D eigenvalue weighted by Crippen LogP contribution is 2.41. The predicted molar refractivity (Wildman–Crippen MR) is 114 cm³/mol. The third-order valence-electron chi connectivity index (χ3n) is 6.33. The first kappa shape index (κ1) is 19.6. The van der Waals surface area contributed by atoms with Crippen LogP contribution in [-0.4, -0.2) is 47.3 Å². The van der Waals surface area contributed by atoms with Crippen LogP contribution < -0.4 is 5.32 Å². The molecule has 5 heteroatoms. The van der Waals surface area contributed by atoms with Gasteiger partial charge < -0.3 is 10.2 Å². The number of nitrogens with zero attached hydrogens (tertiary/aromatic N) is 2. The minimum absolute atomic E-state index is 0.0527. The highest BCUT2D eigenvalue weighted by molar-refractivity contribution is 5.88. The predicted octanol–water partition coefficient (Wildman–Crippen LogP) is 3.48. The Morgan fingerprint density at radius 1 is 1.00 bits per heavy atom. The van der Waals surface area contributed by atoms with E-state index < -0.39 is 0 Å². The Morgan fingerprint density at radius 3 is 2.38 bits per heavy atom. The van der Waals surface area contributed by atoms with Crippen molar-refractivity contribution in [1.29, 1.82) is 0 Å². The number of rotatable bonds is 4. The maximum atomic E-state index is 12.2. The molecule has 0 aliphatic carbocycles. The Bertz CT molecular complexity index is 865. The van der Waals surface area contributed by atoms with E-state index in [-0.39, 0.29) is 11.8 Å². The zero-order valence-electron chi connectivity index (χ0n) is 17.2. The maximum absolute atomic E-state index is 12.2. The Labute approximate surface area is 172 Å². The third kappa shape index (κ3) is 4.35. The number of nitrogens with one attached hydrogen (secondary N) is 1. The van der Waals surface area contributed by atoms with E-state index in [4.69, 9.17) is 0 Å². The largest absolute Gasteiger partial charge is 0.339 e. The topological polar surface area (TPSA) is 52.7 Å². The van der Waals surface area contributed by atoms with Gasteiger partial charge in [-0.15, -0.1) is 0 Å². The van der Waals surface area contributed by atoms with Gasteiger partial charge in [-0.2, -0.15) is 0 Å². The summed E-state index contributed by atoms with van der Waals surface area (Å²) in [6.07, 6.45) is 1.03. The van der Waals surface area contributed by atoms with Crippen LogP contribution in [0.1, 0.15) is 37.3 Å². The van der Waals surface area contributed by atoms with Gasteiger partial charge in [0.15, 0.2) is 0 Å². The van der Waals surface area contributed by atoms with E-state index >= 15 is 0 Å². The van der Waals surface area contributed by atoms with Gasteiger partial charge in [-0.3, -0.25) is 14.5 Å². The molecule has 0 saturated carbocycles. The number of carbonyl (C=O) groups is 2. The van der Waals surface area contributed by atoms with Crippen molar-refractivity contribution in [2.24, 2.45) is 5.92 Å². The minimum Gasteiger partial charge on any atom is -0.339 e. The van der Waals surface area contributed by atoms with E-state index in [1.165, 1.54) is 18.1 Å². The fourth-order valence-electron chi connectivity index (χ4n) is 5.02. The quantitative estimate of drug-likeness (QED) is 0.868. The first-order valence-electron chi connectivity index (χ1n) is 10.4. The summed E-state index contributed by atoms with van der Waals surface area (Å²) in [4.78, 5) is 28.0. The SMILES string of the molecule is CC(=O)Nc1ccc(CN2CC[C@@H]3[C@H](C2)[C@@H](c2ccccc2)CN3C(C)=O)cc1. The van der Waals surface area contributed by atoms with Crippen LogP contribution in [0.25, 0.3) is 0 Å². The lowest BCUT2D eigenvalue weighted by molar-refractivity contribution is -0.130. The van der Waals surface area contributed by atoms with Gasteiger partial charge in [-0.25, -0.2) is 0 Å². The average Bonchev–Trinajstić information content (AvgIpc) is 3.09. The molecular formula is C24H29N3O2. The molecule has 0 bridgehead atoms. The molecule has 0 radical (unpaired) electrons. The number of amides is 2. The Morgan fingerprint density at radius 2 is 1.72 bits per heavy atom. The van der Waals surface area contributed by atoms with Crippen LogP contribution in [0, 0.1) is 5.92 Å². The Kier molecular flexibility index (Phi) is 5.67. The number of hydrogen-bond donors (Lipinski definition) is 1. The number of fused-ring (bicyclic) bond motifs is 1. The number of hydrogen-bond acceptors (Lipinski definition) is 3. The first-order chi connectivity index (χ1) is 14.0. The van der Waals surface area contributed by atoms with Crippen molar-refractivity contribution in [3.63, 3.8) is 0 Å². The van der Waals surface area contributed by atoms with Crippen molar-refractivity contribution in [3.8, 4) is 0 Å². The van der Waals surface area contributed by atoms with E-state index in [2.05, 4.69) is 57.6 Å². The van der Waals surface area contributed by atoms with Gasteiger partial charge in [0, 0.05) is 63.6 Å². The summed E-state index contributed by atoms with van der Waals surface area (Å²) in [7, 11) is 0. The molecule has 2 amide bonds. The molecule has 0 spiro atoms. The van der Waals surface area contributed by atoms with Crippen LogP contribution in [0.2, 0.25) is 0 Å². The van der Waals surface area contributed by atoms with Crippen molar-refractivity contribution in [1.82, 2.24) is 9.80 Å². The molecule has 0 unspecified atom stereocenters. The molecule has 2 aliphatic rings. The lowest BCUT2D eigenvalue weighted by Gasteiger charge is -2.38. The van der Waals surface area contributed by atoms with Gasteiger partial charge in [-0.1, -0.05) is 42.5 Å². The molecule has 152 valence electrons. The smallest absolute Gasteiger partial charge is 0.221 e. The fourth-order valence-corrected chi connectivity index (χ4v) is 5.02. The van der Waals surface area contributed by atoms with E-state index in [9.17, 15) is 9.59 Å². The number of carbonyl (C=O) groups excluding carboxylic acids is 2. The van der Waals surface area contributed by atoms with E-state index in [1.807, 2.05) is 12.1 Å². The van der Waals surface area contributed by atoms with Gasteiger partial charge >= 0.3 is 0 Å². The minimum atomic E-state index is -0.0527. The number of likely N-dealkylation sites (tertiary alicyclic amines) is 2. The first-order valence-corrected chi connectivity index (χ1v) is 10.4. The normalized spacial score (nSPS) is 24.2. The molecule has 2 heterocycles. The van der Waals surface area contributed by atoms with Crippen LogP contribution in [0.4, 0.5) is 5.69 Å². The molecular weight excluding hydrogens is 362 g/mol. The second-order valence-electron chi connectivity index (χ2n) is 8.32. The second-order valence-corrected chi connectivity index (χ2v) is 8.32. The van der Waals surface area contributed by atoms with Gasteiger partial charge in [0.25, 0.3) is 0 Å². The zero-order valence-corrected chi connectivity index (χ0v) is 17.2. The van der Waals surface area contributed by atoms with Crippen LogP contribution in [0.3, 0.4) is 0 Å². The van der Waals surface area contributed by atoms with Crippen molar-refractivity contribution in [3.05, 3.63) is 65.7 Å². The summed E-state index contributed by atoms with van der Waals surface area (Å²) >= 11 is 0. The summed E-state index contributed by atoms with van der Waals surface area (Å²) < 4.78 is 0. The lowest BCUT2D eigenvalue weighted by Crippen LogP contribution is -2.47. The molecule has 0 aromatic heterocycles. The zero-order chi connectivity index (χ0) is 20.4. The highest BCUT2D eigenvalue weighted by atomic mass is 16.2. The monoisotopic (exact) mass is 391 g/mol. The van der Waals surface area contributed by atoms with Crippen LogP contribution in [-0.2, 0) is 16.1 Å². The lowest BCUT2D eigenvalue weighted by atomic mass is 9.81. The summed E-state index contributed by atoms with van der Waals surface area (Å²) in [5.41, 5.74) is 3.42. The molecule has 2 aromatic carbocycles. The van der Waals surface area contributed by atoms with E-state index in [0.29, 0.717) is 17.9 Å². The third-order valence-corrected chi connectivity index (χ3v) is 6.33. The maximum Gasteiger partial charge on any atom is 0.221 e. The standard InChI is InChI=1S/C24H29N3O2/c1-17(28)25-21-10-8-19(9-11-21)14-26-13-12-24-23(15-26)22(16-27(24)18(2)29)20-6-4-3-5-7-20/h3-11,22-24H,12-16H2,1-2H3,(H,25,28)/t22-,23-,24-/m1/s1. The highest BCUT2D eigenvalue weighted by Gasteiger charge is 2.45. The molecule has 2 aromatic rings. The molecule has 5 nitrogen and oxygen atoms in total. The second kappa shape index (κ2) is 8.37. The molecule has 3 atom stereocenters. The number of anilines is 1. The molecule has 2 fully saturated rings. The van der Waals surface area contributed by atoms with Crippen LogP contribution >= 0.6 is 0 Å². The van der Waals surface area contributed by atoms with E-state index in [0.717, 1.165) is 38.3 Å². The fraction of sp³-hybridized carbons (Fsp3) is 0.417. The molecule has 4 rings (SSSR count).